The molecule has 3 aromatic rings. The number of ether oxygens (including phenoxy) is 1. The fourth-order valence-corrected chi connectivity index (χ4v) is 3.97. The molecule has 0 amide bonds. The largest absolute Gasteiger partial charge is 0.480 e. The lowest BCUT2D eigenvalue weighted by molar-refractivity contribution is -0.142. The maximum absolute atomic E-state index is 10.5. The van der Waals surface area contributed by atoms with Crippen molar-refractivity contribution in [3.8, 4) is 0 Å². The molecule has 0 spiro atoms. The summed E-state index contributed by atoms with van der Waals surface area (Å²) in [6.07, 6.45) is 1.85. The van der Waals surface area contributed by atoms with Crippen LogP contribution in [0.15, 0.2) is 54.7 Å². The monoisotopic (exact) mass is 436 g/mol. The topological polar surface area (TPSA) is 71.5 Å². The fraction of sp³-hybridized carbons (Fsp3) is 0.200. The van der Waals surface area contributed by atoms with Crippen LogP contribution < -0.4 is 5.32 Å². The summed E-state index contributed by atoms with van der Waals surface area (Å²) in [5.41, 5.74) is 2.21. The Bertz CT molecular complexity index is 868. The normalized spacial score (nSPS) is 11.0. The third kappa shape index (κ3) is 5.69. The van der Waals surface area contributed by atoms with Gasteiger partial charge < -0.3 is 15.2 Å². The Hall–Kier alpha value is -2.12. The van der Waals surface area contributed by atoms with E-state index in [0.717, 1.165) is 21.1 Å². The molecule has 0 aliphatic carbocycles. The standard InChI is InChI=1S/C20H18Cl2N2O3S/c21-15-5-1-13(2-6-15)19(14-3-7-16(22)8-4-14)17-11-24-20(28-17)23-9-10-27-12-18(25)26/h1-8,11,19H,9-10,12H2,(H,23,24)(H,25,26). The van der Waals surface area contributed by atoms with Gasteiger partial charge in [0.25, 0.3) is 0 Å². The highest BCUT2D eigenvalue weighted by molar-refractivity contribution is 7.15. The molecule has 8 heteroatoms. The van der Waals surface area contributed by atoms with Crippen molar-refractivity contribution in [1.29, 1.82) is 0 Å². The highest BCUT2D eigenvalue weighted by atomic mass is 35.5. The Balaban J connectivity index is 1.77. The number of aliphatic carboxylic acids is 1. The van der Waals surface area contributed by atoms with Crippen molar-refractivity contribution < 1.29 is 14.6 Å². The summed E-state index contributed by atoms with van der Waals surface area (Å²) in [7, 11) is 0. The summed E-state index contributed by atoms with van der Waals surface area (Å²) in [5, 5.41) is 13.9. The number of nitrogens with zero attached hydrogens (tertiary/aromatic N) is 1. The molecule has 5 nitrogen and oxygen atoms in total. The number of thiazole rings is 1. The van der Waals surface area contributed by atoms with E-state index in [9.17, 15) is 4.79 Å². The Kier molecular flexibility index (Phi) is 7.28. The maximum atomic E-state index is 10.5. The summed E-state index contributed by atoms with van der Waals surface area (Å²) >= 11 is 13.6. The van der Waals surface area contributed by atoms with Gasteiger partial charge in [0.1, 0.15) is 6.61 Å². The van der Waals surface area contributed by atoms with Crippen LogP contribution in [0.25, 0.3) is 0 Å². The Morgan fingerprint density at radius 2 is 1.64 bits per heavy atom. The molecular formula is C20H18Cl2N2O3S. The second kappa shape index (κ2) is 9.89. The van der Waals surface area contributed by atoms with Crippen molar-refractivity contribution in [2.24, 2.45) is 0 Å². The summed E-state index contributed by atoms with van der Waals surface area (Å²) in [4.78, 5) is 16.0. The SMILES string of the molecule is O=C(O)COCCNc1ncc(C(c2ccc(Cl)cc2)c2ccc(Cl)cc2)s1. The zero-order valence-electron chi connectivity index (χ0n) is 14.8. The van der Waals surface area contributed by atoms with Gasteiger partial charge in [-0.05, 0) is 35.4 Å². The van der Waals surface area contributed by atoms with E-state index in [1.165, 1.54) is 0 Å². The lowest BCUT2D eigenvalue weighted by Crippen LogP contribution is -2.13. The van der Waals surface area contributed by atoms with Gasteiger partial charge in [0.15, 0.2) is 5.13 Å². The molecule has 2 N–H and O–H groups in total. The molecule has 28 heavy (non-hydrogen) atoms. The Morgan fingerprint density at radius 3 is 2.18 bits per heavy atom. The number of anilines is 1. The molecule has 1 heterocycles. The van der Waals surface area contributed by atoms with E-state index in [1.54, 1.807) is 11.3 Å². The molecule has 2 aromatic carbocycles. The molecule has 3 rings (SSSR count). The van der Waals surface area contributed by atoms with E-state index in [2.05, 4.69) is 10.3 Å². The molecular weight excluding hydrogens is 419 g/mol. The predicted molar refractivity (Wildman–Crippen MR) is 113 cm³/mol. The first kappa shape index (κ1) is 20.6. The Labute approximate surface area is 176 Å². The first-order chi connectivity index (χ1) is 13.5. The number of rotatable bonds is 9. The van der Waals surface area contributed by atoms with Crippen molar-refractivity contribution >= 4 is 45.6 Å². The number of aromatic nitrogens is 1. The second-order valence-electron chi connectivity index (χ2n) is 5.98. The molecule has 0 aliphatic heterocycles. The number of benzene rings is 2. The lowest BCUT2D eigenvalue weighted by Gasteiger charge is -2.16. The third-order valence-electron chi connectivity index (χ3n) is 3.96. The first-order valence-corrected chi connectivity index (χ1v) is 10.1. The smallest absolute Gasteiger partial charge is 0.329 e. The molecule has 0 aliphatic rings. The van der Waals surface area contributed by atoms with Crippen LogP contribution >= 0.6 is 34.5 Å². The van der Waals surface area contributed by atoms with Gasteiger partial charge in [-0.2, -0.15) is 0 Å². The lowest BCUT2D eigenvalue weighted by atomic mass is 9.90. The second-order valence-corrected chi connectivity index (χ2v) is 7.91. The number of carbonyl (C=O) groups is 1. The summed E-state index contributed by atoms with van der Waals surface area (Å²) < 4.78 is 5.02. The molecule has 0 saturated carbocycles. The van der Waals surface area contributed by atoms with E-state index in [1.807, 2.05) is 54.7 Å². The Morgan fingerprint density at radius 1 is 1.07 bits per heavy atom. The van der Waals surface area contributed by atoms with Crippen LogP contribution in [-0.2, 0) is 9.53 Å². The minimum absolute atomic E-state index is 0.00541. The van der Waals surface area contributed by atoms with Crippen molar-refractivity contribution in [2.75, 3.05) is 25.1 Å². The molecule has 146 valence electrons. The molecule has 0 bridgehead atoms. The van der Waals surface area contributed by atoms with Crippen LogP contribution in [0.5, 0.6) is 0 Å². The number of hydrogen-bond donors (Lipinski definition) is 2. The van der Waals surface area contributed by atoms with Gasteiger partial charge in [0, 0.05) is 33.6 Å². The minimum Gasteiger partial charge on any atom is -0.480 e. The molecule has 0 fully saturated rings. The van der Waals surface area contributed by atoms with E-state index in [-0.39, 0.29) is 12.5 Å². The first-order valence-electron chi connectivity index (χ1n) is 8.53. The van der Waals surface area contributed by atoms with Crippen LogP contribution in [0.1, 0.15) is 21.9 Å². The van der Waals surface area contributed by atoms with Gasteiger partial charge in [0.05, 0.1) is 6.61 Å². The third-order valence-corrected chi connectivity index (χ3v) is 5.49. The predicted octanol–water partition coefficient (Wildman–Crippen LogP) is 5.14. The van der Waals surface area contributed by atoms with Gasteiger partial charge in [-0.15, -0.1) is 11.3 Å². The number of carboxylic acids is 1. The highest BCUT2D eigenvalue weighted by Crippen LogP contribution is 2.37. The van der Waals surface area contributed by atoms with Crippen molar-refractivity contribution in [3.63, 3.8) is 0 Å². The van der Waals surface area contributed by atoms with Gasteiger partial charge in [-0.3, -0.25) is 0 Å². The van der Waals surface area contributed by atoms with Gasteiger partial charge in [-0.1, -0.05) is 47.5 Å². The van der Waals surface area contributed by atoms with E-state index in [4.69, 9.17) is 33.0 Å². The summed E-state index contributed by atoms with van der Waals surface area (Å²) in [6, 6.07) is 15.5. The maximum Gasteiger partial charge on any atom is 0.329 e. The van der Waals surface area contributed by atoms with Crippen LogP contribution in [0.3, 0.4) is 0 Å². The van der Waals surface area contributed by atoms with Crippen molar-refractivity contribution in [3.05, 3.63) is 80.8 Å². The average molecular weight is 437 g/mol. The fourth-order valence-electron chi connectivity index (χ4n) is 2.72. The quantitative estimate of drug-likeness (QED) is 0.454. The number of carboxylic acid groups (broad SMARTS) is 1. The van der Waals surface area contributed by atoms with Gasteiger partial charge in [0.2, 0.25) is 0 Å². The molecule has 0 unspecified atom stereocenters. The van der Waals surface area contributed by atoms with Gasteiger partial charge in [-0.25, -0.2) is 9.78 Å². The average Bonchev–Trinajstić information content (AvgIpc) is 3.13. The van der Waals surface area contributed by atoms with Crippen LogP contribution in [0.4, 0.5) is 5.13 Å². The minimum atomic E-state index is -0.981. The van der Waals surface area contributed by atoms with E-state index >= 15 is 0 Å². The number of nitrogens with one attached hydrogen (secondary N) is 1. The van der Waals surface area contributed by atoms with Crippen molar-refractivity contribution in [1.82, 2.24) is 4.98 Å². The van der Waals surface area contributed by atoms with Crippen molar-refractivity contribution in [2.45, 2.75) is 5.92 Å². The molecule has 0 radical (unpaired) electrons. The van der Waals surface area contributed by atoms with Crippen LogP contribution in [0.2, 0.25) is 10.0 Å². The van der Waals surface area contributed by atoms with E-state index < -0.39 is 5.97 Å². The number of hydrogen-bond acceptors (Lipinski definition) is 5. The molecule has 0 saturated heterocycles. The summed E-state index contributed by atoms with van der Waals surface area (Å²) in [6.45, 7) is 0.464. The van der Waals surface area contributed by atoms with Crippen LogP contribution in [-0.4, -0.2) is 35.8 Å². The van der Waals surface area contributed by atoms with Crippen LogP contribution in [0, 0.1) is 0 Å². The summed E-state index contributed by atoms with van der Waals surface area (Å²) in [5.74, 6) is -0.976. The molecule has 1 aromatic heterocycles. The van der Waals surface area contributed by atoms with Gasteiger partial charge >= 0.3 is 5.97 Å². The van der Waals surface area contributed by atoms with E-state index in [0.29, 0.717) is 23.2 Å². The highest BCUT2D eigenvalue weighted by Gasteiger charge is 2.19. The zero-order chi connectivity index (χ0) is 19.9. The zero-order valence-corrected chi connectivity index (χ0v) is 17.1. The number of halogens is 2. The molecule has 0 atom stereocenters.